The van der Waals surface area contributed by atoms with Crippen molar-refractivity contribution in [3.63, 3.8) is 0 Å². The third-order valence-corrected chi connectivity index (χ3v) is 8.13. The van der Waals surface area contributed by atoms with Crippen molar-refractivity contribution in [2.45, 2.75) is 6.04 Å². The van der Waals surface area contributed by atoms with Gasteiger partial charge in [-0.05, 0) is 37.6 Å². The van der Waals surface area contributed by atoms with Crippen molar-refractivity contribution in [2.24, 2.45) is 0 Å². The third-order valence-electron chi connectivity index (χ3n) is 6.30. The molecule has 0 unspecified atom stereocenters. The SMILES string of the molecule is CP(C)(=O)c1ccccc1Nc1nc(Nc2ccc3c(c2)OC[C@@H]2CN(CC#N)CCN32)ncc1Cl. The lowest BCUT2D eigenvalue weighted by molar-refractivity contribution is 0.179. The summed E-state index contributed by atoms with van der Waals surface area (Å²) in [6, 6.07) is 15.9. The monoisotopic (exact) mass is 523 g/mol. The summed E-state index contributed by atoms with van der Waals surface area (Å²) in [6.07, 6.45) is 1.53. The molecule has 0 spiro atoms. The van der Waals surface area contributed by atoms with E-state index in [1.165, 1.54) is 6.20 Å². The molecule has 1 fully saturated rings. The molecule has 1 aromatic heterocycles. The zero-order chi connectivity index (χ0) is 25.3. The van der Waals surface area contributed by atoms with Crippen molar-refractivity contribution in [3.05, 3.63) is 53.7 Å². The summed E-state index contributed by atoms with van der Waals surface area (Å²) in [5.74, 6) is 1.59. The predicted molar refractivity (Wildman–Crippen MR) is 144 cm³/mol. The average molecular weight is 524 g/mol. The summed E-state index contributed by atoms with van der Waals surface area (Å²) < 4.78 is 18.8. The minimum absolute atomic E-state index is 0.232. The highest BCUT2D eigenvalue weighted by molar-refractivity contribution is 7.70. The van der Waals surface area contributed by atoms with Crippen LogP contribution in [0.1, 0.15) is 0 Å². The fourth-order valence-electron chi connectivity index (χ4n) is 4.57. The Morgan fingerprint density at radius 1 is 1.22 bits per heavy atom. The van der Waals surface area contributed by atoms with Crippen molar-refractivity contribution in [1.82, 2.24) is 14.9 Å². The van der Waals surface area contributed by atoms with Crippen LogP contribution in [0.15, 0.2) is 48.7 Å². The van der Waals surface area contributed by atoms with Crippen LogP contribution in [0.4, 0.5) is 28.8 Å². The maximum Gasteiger partial charge on any atom is 0.229 e. The Kier molecular flexibility index (Phi) is 6.76. The first-order chi connectivity index (χ1) is 17.3. The highest BCUT2D eigenvalue weighted by Crippen LogP contribution is 2.39. The lowest BCUT2D eigenvalue weighted by Crippen LogP contribution is -2.57. The molecular weight excluding hydrogens is 497 g/mol. The predicted octanol–water partition coefficient (Wildman–Crippen LogP) is 4.27. The number of para-hydroxylation sites is 1. The van der Waals surface area contributed by atoms with Gasteiger partial charge in [-0.3, -0.25) is 4.90 Å². The van der Waals surface area contributed by atoms with Gasteiger partial charge in [-0.1, -0.05) is 23.7 Å². The van der Waals surface area contributed by atoms with Crippen LogP contribution in [0, 0.1) is 11.3 Å². The Morgan fingerprint density at radius 2 is 2.06 bits per heavy atom. The summed E-state index contributed by atoms with van der Waals surface area (Å²) in [5.41, 5.74) is 2.53. The molecule has 3 heterocycles. The number of hydrogen-bond acceptors (Lipinski definition) is 9. The second kappa shape index (κ2) is 9.98. The lowest BCUT2D eigenvalue weighted by Gasteiger charge is -2.45. The Balaban J connectivity index is 1.34. The van der Waals surface area contributed by atoms with Crippen molar-refractivity contribution < 1.29 is 9.30 Å². The van der Waals surface area contributed by atoms with E-state index in [0.717, 1.165) is 42.1 Å². The number of halogens is 1. The zero-order valence-electron chi connectivity index (χ0n) is 20.1. The van der Waals surface area contributed by atoms with E-state index in [1.807, 2.05) is 42.5 Å². The highest BCUT2D eigenvalue weighted by Gasteiger charge is 2.32. The smallest absolute Gasteiger partial charge is 0.229 e. The first-order valence-electron chi connectivity index (χ1n) is 11.7. The molecule has 2 N–H and O–H groups in total. The first kappa shape index (κ1) is 24.4. The standard InChI is InChI=1S/C25H27ClN7O2P/c1-36(2,34)23-6-4-3-5-20(23)30-24-19(26)14-28-25(31-24)29-17-7-8-21-22(13-17)35-16-18-15-32(10-9-27)11-12-33(18)21/h3-8,13-14,18H,10-12,15-16H2,1-2H3,(H2,28,29,30,31)/t18-/m0/s1. The number of nitrogens with one attached hydrogen (secondary N) is 2. The summed E-state index contributed by atoms with van der Waals surface area (Å²) >= 11 is 6.37. The number of aromatic nitrogens is 2. The molecule has 1 saturated heterocycles. The van der Waals surface area contributed by atoms with Crippen LogP contribution in [0.5, 0.6) is 5.75 Å². The second-order valence-corrected chi connectivity index (χ2v) is 12.8. The molecule has 0 saturated carbocycles. The van der Waals surface area contributed by atoms with Gasteiger partial charge in [0.25, 0.3) is 0 Å². The maximum absolute atomic E-state index is 12.7. The zero-order valence-corrected chi connectivity index (χ0v) is 21.8. The minimum Gasteiger partial charge on any atom is -0.489 e. The van der Waals surface area contributed by atoms with Crippen molar-refractivity contribution in [3.8, 4) is 11.8 Å². The fourth-order valence-corrected chi connectivity index (χ4v) is 5.87. The van der Waals surface area contributed by atoms with Gasteiger partial charge in [0.05, 0.1) is 36.2 Å². The molecule has 0 bridgehead atoms. The molecule has 9 nitrogen and oxygen atoms in total. The van der Waals surface area contributed by atoms with E-state index in [1.54, 1.807) is 13.3 Å². The van der Waals surface area contributed by atoms with Gasteiger partial charge in [-0.15, -0.1) is 0 Å². The van der Waals surface area contributed by atoms with E-state index in [0.29, 0.717) is 35.6 Å². The number of nitrogens with zero attached hydrogens (tertiary/aromatic N) is 5. The van der Waals surface area contributed by atoms with Crippen LogP contribution in [0.25, 0.3) is 0 Å². The van der Waals surface area contributed by atoms with Crippen LogP contribution in [-0.4, -0.2) is 67.0 Å². The molecule has 3 aromatic rings. The molecule has 186 valence electrons. The number of fused-ring (bicyclic) bond motifs is 3. The molecule has 0 radical (unpaired) electrons. The molecular formula is C25H27ClN7O2P. The number of ether oxygens (including phenoxy) is 1. The number of anilines is 5. The van der Waals surface area contributed by atoms with Crippen LogP contribution >= 0.6 is 18.7 Å². The van der Waals surface area contributed by atoms with E-state index < -0.39 is 7.14 Å². The molecule has 0 aliphatic carbocycles. The van der Waals surface area contributed by atoms with E-state index >= 15 is 0 Å². The van der Waals surface area contributed by atoms with Gasteiger partial charge in [0, 0.05) is 36.7 Å². The topological polar surface area (TPSA) is 106 Å². The number of rotatable bonds is 6. The van der Waals surface area contributed by atoms with E-state index in [9.17, 15) is 4.57 Å². The van der Waals surface area contributed by atoms with Crippen LogP contribution in [-0.2, 0) is 4.57 Å². The highest BCUT2D eigenvalue weighted by atomic mass is 35.5. The first-order valence-corrected chi connectivity index (χ1v) is 14.6. The molecule has 1 atom stereocenters. The largest absolute Gasteiger partial charge is 0.489 e. The van der Waals surface area contributed by atoms with Gasteiger partial charge in [-0.2, -0.15) is 10.2 Å². The molecule has 2 aliphatic rings. The molecule has 5 rings (SSSR count). The van der Waals surface area contributed by atoms with Crippen molar-refractivity contribution >= 4 is 52.9 Å². The fraction of sp³-hybridized carbons (Fsp3) is 0.320. The molecule has 2 aromatic carbocycles. The van der Waals surface area contributed by atoms with E-state index in [-0.39, 0.29) is 6.04 Å². The molecule has 0 amide bonds. The van der Waals surface area contributed by atoms with Crippen molar-refractivity contribution in [1.29, 1.82) is 5.26 Å². The van der Waals surface area contributed by atoms with Gasteiger partial charge in [-0.25, -0.2) is 4.98 Å². The van der Waals surface area contributed by atoms with Gasteiger partial charge < -0.3 is 24.8 Å². The minimum atomic E-state index is -2.50. The summed E-state index contributed by atoms with van der Waals surface area (Å²) in [6.45, 7) is 7.00. The van der Waals surface area contributed by atoms with E-state index in [2.05, 4.69) is 36.5 Å². The quantitative estimate of drug-likeness (QED) is 0.362. The Hall–Kier alpha value is -3.31. The Labute approximate surface area is 215 Å². The maximum atomic E-state index is 12.7. The molecule has 36 heavy (non-hydrogen) atoms. The average Bonchev–Trinajstić information content (AvgIpc) is 2.85. The molecule has 11 heteroatoms. The number of nitriles is 1. The summed E-state index contributed by atoms with van der Waals surface area (Å²) in [5, 5.41) is 16.5. The van der Waals surface area contributed by atoms with Gasteiger partial charge in [0.2, 0.25) is 5.95 Å². The van der Waals surface area contributed by atoms with Gasteiger partial charge >= 0.3 is 0 Å². The van der Waals surface area contributed by atoms with E-state index in [4.69, 9.17) is 21.6 Å². The third kappa shape index (κ3) is 5.12. The number of benzene rings is 2. The molecule has 2 aliphatic heterocycles. The Morgan fingerprint density at radius 3 is 2.86 bits per heavy atom. The lowest BCUT2D eigenvalue weighted by atomic mass is 10.1. The second-order valence-electron chi connectivity index (χ2n) is 9.24. The van der Waals surface area contributed by atoms with Crippen LogP contribution in [0.3, 0.4) is 0 Å². The van der Waals surface area contributed by atoms with Gasteiger partial charge in [0.15, 0.2) is 5.82 Å². The van der Waals surface area contributed by atoms with Gasteiger partial charge in [0.1, 0.15) is 24.5 Å². The summed E-state index contributed by atoms with van der Waals surface area (Å²) in [4.78, 5) is 13.4. The van der Waals surface area contributed by atoms with Crippen LogP contribution < -0.4 is 25.6 Å². The summed E-state index contributed by atoms with van der Waals surface area (Å²) in [7, 11) is -2.50. The van der Waals surface area contributed by atoms with Crippen LogP contribution in [0.2, 0.25) is 5.02 Å². The Bertz CT molecular complexity index is 1370. The van der Waals surface area contributed by atoms with Crippen molar-refractivity contribution in [2.75, 3.05) is 61.6 Å². The number of hydrogen-bond donors (Lipinski definition) is 2. The number of piperazine rings is 1. The normalized spacial score (nSPS) is 17.4.